The normalized spacial score (nSPS) is 11.7. The highest BCUT2D eigenvalue weighted by atomic mass is 19.4. The minimum atomic E-state index is -4.98. The molecule has 10 aromatic rings. The van der Waals surface area contributed by atoms with Crippen molar-refractivity contribution >= 4 is 55.0 Å². The van der Waals surface area contributed by atoms with Gasteiger partial charge in [0.05, 0.1) is 46.6 Å². The average molecular weight is 791 g/mol. The van der Waals surface area contributed by atoms with Gasteiger partial charge in [0, 0.05) is 27.6 Å². The monoisotopic (exact) mass is 790 g/mol. The fourth-order valence-electron chi connectivity index (χ4n) is 8.57. The molecule has 0 aliphatic rings. The third kappa shape index (κ3) is 5.79. The van der Waals surface area contributed by atoms with Gasteiger partial charge in [0.15, 0.2) is 11.4 Å². The smallest absolute Gasteiger partial charge is 0.309 e. The molecular weight excluding hydrogens is 764 g/mol. The third-order valence-electron chi connectivity index (χ3n) is 11.1. The Morgan fingerprint density at radius 1 is 0.400 bits per heavy atom. The van der Waals surface area contributed by atoms with E-state index in [1.165, 1.54) is 12.1 Å². The van der Waals surface area contributed by atoms with E-state index >= 15 is 22.0 Å². The molecule has 0 spiro atoms. The lowest BCUT2D eigenvalue weighted by Crippen LogP contribution is -2.16. The van der Waals surface area contributed by atoms with E-state index in [-0.39, 0.29) is 22.5 Å². The number of alkyl halides is 3. The van der Waals surface area contributed by atoms with Crippen molar-refractivity contribution in [2.24, 2.45) is 0 Å². The number of fused-ring (bicyclic) bond motifs is 6. The lowest BCUT2D eigenvalue weighted by atomic mass is 9.98. The zero-order chi connectivity index (χ0) is 41.3. The molecule has 0 saturated heterocycles. The molecule has 286 valence electrons. The number of aromatic nitrogens is 2. The molecule has 10 rings (SSSR count). The summed E-state index contributed by atoms with van der Waals surface area (Å²) in [4.78, 5) is 7.39. The SMILES string of the molecule is [C-]#[N+]c1ccccc1-c1ccc2c3ccccc3n(-c3cc(-c4cc(F)cc(F)c4)cc(-n4c5ccccc5c5ccc(-c6ccccc6[N+]#[C-])cc54)c3C(F)(F)F)c2c1. The summed E-state index contributed by atoms with van der Waals surface area (Å²) in [6.07, 6.45) is -4.98. The topological polar surface area (TPSA) is 18.6 Å². The number of para-hydroxylation sites is 4. The van der Waals surface area contributed by atoms with Crippen LogP contribution in [0.4, 0.5) is 33.3 Å². The van der Waals surface area contributed by atoms with Gasteiger partial charge < -0.3 is 9.13 Å². The molecule has 4 nitrogen and oxygen atoms in total. The molecule has 0 bridgehead atoms. The quantitative estimate of drug-likeness (QED) is 0.122. The van der Waals surface area contributed by atoms with Crippen LogP contribution in [0.1, 0.15) is 5.56 Å². The third-order valence-corrected chi connectivity index (χ3v) is 11.1. The number of halogens is 5. The maximum atomic E-state index is 16.4. The van der Waals surface area contributed by atoms with Gasteiger partial charge in [0.2, 0.25) is 0 Å². The van der Waals surface area contributed by atoms with Gasteiger partial charge >= 0.3 is 6.18 Å². The second kappa shape index (κ2) is 13.8. The first-order valence-corrected chi connectivity index (χ1v) is 18.9. The van der Waals surface area contributed by atoms with E-state index in [0.29, 0.717) is 77.2 Å². The van der Waals surface area contributed by atoms with Crippen molar-refractivity contribution in [3.63, 3.8) is 0 Å². The Bertz CT molecular complexity index is 3270. The fourth-order valence-corrected chi connectivity index (χ4v) is 8.57. The molecule has 2 heterocycles. The summed E-state index contributed by atoms with van der Waals surface area (Å²) in [6.45, 7) is 15.6. The summed E-state index contributed by atoms with van der Waals surface area (Å²) >= 11 is 0. The summed E-state index contributed by atoms with van der Waals surface area (Å²) in [5.74, 6) is -1.76. The van der Waals surface area contributed by atoms with Crippen LogP contribution in [0, 0.1) is 24.8 Å². The van der Waals surface area contributed by atoms with Crippen molar-refractivity contribution in [1.29, 1.82) is 0 Å². The molecule has 9 heteroatoms. The Kier molecular flexibility index (Phi) is 8.38. The van der Waals surface area contributed by atoms with Gasteiger partial charge in [-0.1, -0.05) is 109 Å². The second-order valence-electron chi connectivity index (χ2n) is 14.5. The number of rotatable bonds is 5. The van der Waals surface area contributed by atoms with Gasteiger partial charge in [-0.05, 0) is 81.9 Å². The van der Waals surface area contributed by atoms with Crippen molar-refractivity contribution in [2.75, 3.05) is 0 Å². The maximum absolute atomic E-state index is 16.4. The minimum Gasteiger partial charge on any atom is -0.309 e. The molecule has 2 aromatic heterocycles. The molecule has 0 amide bonds. The van der Waals surface area contributed by atoms with Crippen molar-refractivity contribution in [2.45, 2.75) is 6.18 Å². The van der Waals surface area contributed by atoms with Crippen molar-refractivity contribution in [3.05, 3.63) is 204 Å². The highest BCUT2D eigenvalue weighted by molar-refractivity contribution is 6.12. The average Bonchev–Trinajstić information content (AvgIpc) is 3.77. The van der Waals surface area contributed by atoms with E-state index in [1.54, 1.807) is 94.1 Å². The van der Waals surface area contributed by atoms with E-state index in [1.807, 2.05) is 48.5 Å². The Morgan fingerprint density at radius 2 is 0.800 bits per heavy atom. The highest BCUT2D eigenvalue weighted by Crippen LogP contribution is 2.47. The van der Waals surface area contributed by atoms with Crippen molar-refractivity contribution < 1.29 is 22.0 Å². The molecule has 0 N–H and O–H groups in total. The van der Waals surface area contributed by atoms with Crippen LogP contribution in [0.2, 0.25) is 0 Å². The van der Waals surface area contributed by atoms with Gasteiger partial charge in [-0.3, -0.25) is 0 Å². The number of hydrogen-bond donors (Lipinski definition) is 0. The van der Waals surface area contributed by atoms with Crippen LogP contribution < -0.4 is 0 Å². The van der Waals surface area contributed by atoms with Gasteiger partial charge in [0.25, 0.3) is 0 Å². The lowest BCUT2D eigenvalue weighted by molar-refractivity contribution is -0.137. The molecule has 0 atom stereocenters. The van der Waals surface area contributed by atoms with E-state index < -0.39 is 23.4 Å². The summed E-state index contributed by atoms with van der Waals surface area (Å²) in [7, 11) is 0. The summed E-state index contributed by atoms with van der Waals surface area (Å²) in [6, 6.07) is 45.0. The number of nitrogens with zero attached hydrogens (tertiary/aromatic N) is 4. The highest BCUT2D eigenvalue weighted by Gasteiger charge is 2.39. The van der Waals surface area contributed by atoms with Gasteiger partial charge in [-0.2, -0.15) is 13.2 Å². The van der Waals surface area contributed by atoms with E-state index in [4.69, 9.17) is 13.1 Å². The first-order chi connectivity index (χ1) is 29.1. The molecular formula is C51H27F5N4. The van der Waals surface area contributed by atoms with Crippen LogP contribution in [0.15, 0.2) is 164 Å². The predicted octanol–water partition coefficient (Wildman–Crippen LogP) is 15.3. The first-order valence-electron chi connectivity index (χ1n) is 18.9. The number of hydrogen-bond acceptors (Lipinski definition) is 0. The molecule has 0 fully saturated rings. The van der Waals surface area contributed by atoms with E-state index in [0.717, 1.165) is 18.2 Å². The van der Waals surface area contributed by atoms with Crippen LogP contribution >= 0.6 is 0 Å². The molecule has 8 aromatic carbocycles. The van der Waals surface area contributed by atoms with Gasteiger partial charge in [0.1, 0.15) is 17.2 Å². The van der Waals surface area contributed by atoms with Crippen LogP contribution in [0.25, 0.3) is 98.1 Å². The molecule has 0 unspecified atom stereocenters. The van der Waals surface area contributed by atoms with E-state index in [9.17, 15) is 0 Å². The first kappa shape index (κ1) is 36.3. The van der Waals surface area contributed by atoms with Crippen molar-refractivity contribution in [1.82, 2.24) is 9.13 Å². The summed E-state index contributed by atoms with van der Waals surface area (Å²) in [5, 5.41) is 2.72. The lowest BCUT2D eigenvalue weighted by Gasteiger charge is -2.23. The Morgan fingerprint density at radius 3 is 1.25 bits per heavy atom. The molecule has 0 aliphatic heterocycles. The maximum Gasteiger partial charge on any atom is 0.420 e. The molecule has 0 radical (unpaired) electrons. The summed E-state index contributed by atoms with van der Waals surface area (Å²) < 4.78 is 82.5. The predicted molar refractivity (Wildman–Crippen MR) is 229 cm³/mol. The second-order valence-corrected chi connectivity index (χ2v) is 14.5. The largest absolute Gasteiger partial charge is 0.420 e. The Balaban J connectivity index is 1.38. The molecule has 0 aliphatic carbocycles. The van der Waals surface area contributed by atoms with Crippen LogP contribution in [-0.2, 0) is 6.18 Å². The zero-order valence-electron chi connectivity index (χ0n) is 31.3. The standard InChI is InChI=1S/C51H27F5N4/c1-57-42-15-7-3-11-36(42)30-19-21-40-38-13-5-9-17-44(38)59(46(40)25-30)48-27-33(32-23-34(52)29-35(53)24-32)28-49(50(48)51(54,55)56)60-45-18-10-6-14-39(45)41-22-20-31(26-47(41)60)37-12-4-8-16-43(37)58-2/h3-29H. The van der Waals surface area contributed by atoms with Crippen molar-refractivity contribution in [3.8, 4) is 44.8 Å². The van der Waals surface area contributed by atoms with Gasteiger partial charge in [-0.15, -0.1) is 0 Å². The zero-order valence-corrected chi connectivity index (χ0v) is 31.3. The minimum absolute atomic E-state index is 0.0450. The van der Waals surface area contributed by atoms with Crippen LogP contribution in [0.3, 0.4) is 0 Å². The molecule has 60 heavy (non-hydrogen) atoms. The Labute approximate surface area is 339 Å². The Hall–Kier alpha value is -8.01. The van der Waals surface area contributed by atoms with Crippen LogP contribution in [-0.4, -0.2) is 9.13 Å². The van der Waals surface area contributed by atoms with Crippen LogP contribution in [0.5, 0.6) is 0 Å². The number of benzene rings is 8. The van der Waals surface area contributed by atoms with Gasteiger partial charge in [-0.25, -0.2) is 18.5 Å². The summed E-state index contributed by atoms with van der Waals surface area (Å²) in [5.41, 5.74) is 3.78. The molecule has 0 saturated carbocycles. The van der Waals surface area contributed by atoms with E-state index in [2.05, 4.69) is 9.69 Å². The fraction of sp³-hybridized carbons (Fsp3) is 0.0196.